The highest BCUT2D eigenvalue weighted by Gasteiger charge is 2.10. The van der Waals surface area contributed by atoms with Crippen molar-refractivity contribution in [3.8, 4) is 0 Å². The third-order valence-electron chi connectivity index (χ3n) is 2.91. The van der Waals surface area contributed by atoms with Crippen LogP contribution in [-0.2, 0) is 0 Å². The number of nitrogens with two attached hydrogens (primary N) is 1. The highest BCUT2D eigenvalue weighted by molar-refractivity contribution is 6.05. The van der Waals surface area contributed by atoms with E-state index in [9.17, 15) is 9.59 Å². The number of nitrogens with one attached hydrogen (secondary N) is 1. The fourth-order valence-electron chi connectivity index (χ4n) is 1.72. The Balaban J connectivity index is 2.25. The van der Waals surface area contributed by atoms with E-state index in [4.69, 9.17) is 10.8 Å². The number of aryl methyl sites for hydroxylation is 1. The Labute approximate surface area is 116 Å². The molecule has 0 radical (unpaired) electrons. The summed E-state index contributed by atoms with van der Waals surface area (Å²) < 4.78 is 0. The van der Waals surface area contributed by atoms with Gasteiger partial charge in [-0.1, -0.05) is 6.07 Å². The summed E-state index contributed by atoms with van der Waals surface area (Å²) >= 11 is 0. The molecule has 0 atom stereocenters. The maximum absolute atomic E-state index is 12.1. The molecule has 0 aromatic heterocycles. The number of anilines is 2. The van der Waals surface area contributed by atoms with E-state index in [1.165, 1.54) is 12.1 Å². The Morgan fingerprint density at radius 1 is 1.05 bits per heavy atom. The lowest BCUT2D eigenvalue weighted by Gasteiger charge is -2.09. The van der Waals surface area contributed by atoms with Crippen molar-refractivity contribution in [3.05, 3.63) is 59.2 Å². The molecule has 0 aliphatic rings. The summed E-state index contributed by atoms with van der Waals surface area (Å²) in [5.41, 5.74) is 7.99. The first kappa shape index (κ1) is 13.6. The second-order valence-corrected chi connectivity index (χ2v) is 4.41. The Morgan fingerprint density at radius 3 is 2.25 bits per heavy atom. The van der Waals surface area contributed by atoms with Crippen molar-refractivity contribution < 1.29 is 14.7 Å². The van der Waals surface area contributed by atoms with Crippen molar-refractivity contribution in [2.75, 3.05) is 11.1 Å². The average Bonchev–Trinajstić information content (AvgIpc) is 2.41. The van der Waals surface area contributed by atoms with Gasteiger partial charge < -0.3 is 16.2 Å². The molecular formula is C15H14N2O3. The van der Waals surface area contributed by atoms with E-state index in [1.807, 2.05) is 0 Å². The number of rotatable bonds is 3. The number of carbonyl (C=O) groups is 2. The molecule has 0 saturated carbocycles. The first-order chi connectivity index (χ1) is 9.47. The van der Waals surface area contributed by atoms with E-state index in [0.29, 0.717) is 16.9 Å². The molecule has 5 heteroatoms. The molecule has 0 unspecified atom stereocenters. The molecule has 0 heterocycles. The van der Waals surface area contributed by atoms with Crippen LogP contribution in [0.4, 0.5) is 11.4 Å². The molecule has 2 rings (SSSR count). The van der Waals surface area contributed by atoms with E-state index in [2.05, 4.69) is 5.32 Å². The number of carboxylic acids is 1. The van der Waals surface area contributed by atoms with Gasteiger partial charge in [0.1, 0.15) is 0 Å². The topological polar surface area (TPSA) is 92.4 Å². The fourth-order valence-corrected chi connectivity index (χ4v) is 1.72. The Morgan fingerprint density at radius 2 is 1.65 bits per heavy atom. The van der Waals surface area contributed by atoms with Crippen LogP contribution in [0.15, 0.2) is 42.5 Å². The molecule has 2 aromatic carbocycles. The van der Waals surface area contributed by atoms with Gasteiger partial charge in [-0.05, 0) is 48.9 Å². The second-order valence-electron chi connectivity index (χ2n) is 4.41. The maximum atomic E-state index is 12.1. The van der Waals surface area contributed by atoms with Crippen LogP contribution in [0.1, 0.15) is 26.3 Å². The van der Waals surface area contributed by atoms with Crippen LogP contribution in [0.2, 0.25) is 0 Å². The van der Waals surface area contributed by atoms with E-state index in [1.54, 1.807) is 37.3 Å². The van der Waals surface area contributed by atoms with E-state index >= 15 is 0 Å². The van der Waals surface area contributed by atoms with Gasteiger partial charge in [-0.2, -0.15) is 0 Å². The second kappa shape index (κ2) is 5.44. The van der Waals surface area contributed by atoms with E-state index < -0.39 is 5.97 Å². The highest BCUT2D eigenvalue weighted by atomic mass is 16.4. The summed E-state index contributed by atoms with van der Waals surface area (Å²) in [6.45, 7) is 1.80. The van der Waals surface area contributed by atoms with Gasteiger partial charge in [-0.15, -0.1) is 0 Å². The number of hydrogen-bond donors (Lipinski definition) is 3. The minimum absolute atomic E-state index is 0.128. The summed E-state index contributed by atoms with van der Waals surface area (Å²) in [7, 11) is 0. The van der Waals surface area contributed by atoms with Crippen molar-refractivity contribution in [2.24, 2.45) is 0 Å². The number of carbonyl (C=O) groups excluding carboxylic acids is 1. The van der Waals surface area contributed by atoms with Crippen LogP contribution in [0.5, 0.6) is 0 Å². The van der Waals surface area contributed by atoms with Crippen molar-refractivity contribution in [3.63, 3.8) is 0 Å². The summed E-state index contributed by atoms with van der Waals surface area (Å²) in [6, 6.07) is 11.1. The summed E-state index contributed by atoms with van der Waals surface area (Å²) in [5, 5.41) is 11.7. The predicted molar refractivity (Wildman–Crippen MR) is 76.9 cm³/mol. The van der Waals surface area contributed by atoms with Gasteiger partial charge in [-0.3, -0.25) is 4.79 Å². The van der Waals surface area contributed by atoms with Crippen LogP contribution in [0.3, 0.4) is 0 Å². The Kier molecular flexibility index (Phi) is 3.70. The number of carboxylic acid groups (broad SMARTS) is 1. The predicted octanol–water partition coefficient (Wildman–Crippen LogP) is 2.53. The van der Waals surface area contributed by atoms with Gasteiger partial charge >= 0.3 is 5.97 Å². The number of aromatic carboxylic acids is 1. The van der Waals surface area contributed by atoms with Crippen LogP contribution >= 0.6 is 0 Å². The third kappa shape index (κ3) is 2.95. The first-order valence-electron chi connectivity index (χ1n) is 5.98. The molecule has 0 spiro atoms. The smallest absolute Gasteiger partial charge is 0.335 e. The normalized spacial score (nSPS) is 10.1. The van der Waals surface area contributed by atoms with E-state index in [-0.39, 0.29) is 11.5 Å². The van der Waals surface area contributed by atoms with Gasteiger partial charge in [0.05, 0.1) is 5.56 Å². The lowest BCUT2D eigenvalue weighted by molar-refractivity contribution is 0.0696. The SMILES string of the molecule is Cc1ccc(C(=O)O)cc1NC(=O)c1ccc(N)cc1. The quantitative estimate of drug-likeness (QED) is 0.747. The fraction of sp³-hybridized carbons (Fsp3) is 0.0667. The van der Waals surface area contributed by atoms with Gasteiger partial charge in [0.25, 0.3) is 5.91 Å². The summed E-state index contributed by atoms with van der Waals surface area (Å²) in [6.07, 6.45) is 0. The summed E-state index contributed by atoms with van der Waals surface area (Å²) in [4.78, 5) is 23.0. The van der Waals surface area contributed by atoms with Crippen LogP contribution in [0.25, 0.3) is 0 Å². The standard InChI is InChI=1S/C15H14N2O3/c1-9-2-3-11(15(19)20)8-13(9)17-14(18)10-4-6-12(16)7-5-10/h2-8H,16H2,1H3,(H,17,18)(H,19,20). The van der Waals surface area contributed by atoms with Gasteiger partial charge in [-0.25, -0.2) is 4.79 Å². The van der Waals surface area contributed by atoms with Crippen molar-refractivity contribution in [1.82, 2.24) is 0 Å². The van der Waals surface area contributed by atoms with Crippen LogP contribution in [-0.4, -0.2) is 17.0 Å². The molecular weight excluding hydrogens is 256 g/mol. The largest absolute Gasteiger partial charge is 0.478 e. The van der Waals surface area contributed by atoms with Gasteiger partial charge in [0, 0.05) is 16.9 Å². The molecule has 0 saturated heterocycles. The molecule has 4 N–H and O–H groups in total. The zero-order valence-electron chi connectivity index (χ0n) is 10.9. The third-order valence-corrected chi connectivity index (χ3v) is 2.91. The molecule has 0 bridgehead atoms. The van der Waals surface area contributed by atoms with E-state index in [0.717, 1.165) is 5.56 Å². The number of amides is 1. The van der Waals surface area contributed by atoms with Crippen molar-refractivity contribution >= 4 is 23.3 Å². The highest BCUT2D eigenvalue weighted by Crippen LogP contribution is 2.18. The molecule has 20 heavy (non-hydrogen) atoms. The molecule has 102 valence electrons. The minimum atomic E-state index is -1.03. The average molecular weight is 270 g/mol. The zero-order chi connectivity index (χ0) is 14.7. The van der Waals surface area contributed by atoms with Gasteiger partial charge in [0.15, 0.2) is 0 Å². The molecule has 5 nitrogen and oxygen atoms in total. The number of benzene rings is 2. The van der Waals surface area contributed by atoms with Crippen LogP contribution < -0.4 is 11.1 Å². The molecule has 1 amide bonds. The lowest BCUT2D eigenvalue weighted by Crippen LogP contribution is -2.13. The van der Waals surface area contributed by atoms with Crippen molar-refractivity contribution in [2.45, 2.75) is 6.92 Å². The molecule has 0 aliphatic carbocycles. The van der Waals surface area contributed by atoms with Crippen molar-refractivity contribution in [1.29, 1.82) is 0 Å². The summed E-state index contributed by atoms with van der Waals surface area (Å²) in [5.74, 6) is -1.34. The maximum Gasteiger partial charge on any atom is 0.335 e. The number of nitrogen functional groups attached to an aromatic ring is 1. The van der Waals surface area contributed by atoms with Crippen LogP contribution in [0, 0.1) is 6.92 Å². The first-order valence-corrected chi connectivity index (χ1v) is 5.98. The molecule has 0 fully saturated rings. The zero-order valence-corrected chi connectivity index (χ0v) is 10.9. The molecule has 0 aliphatic heterocycles. The van der Waals surface area contributed by atoms with Gasteiger partial charge in [0.2, 0.25) is 0 Å². The molecule has 2 aromatic rings. The monoisotopic (exact) mass is 270 g/mol. The lowest BCUT2D eigenvalue weighted by atomic mass is 10.1. The Bertz CT molecular complexity index is 663. The number of hydrogen-bond acceptors (Lipinski definition) is 3. The Hall–Kier alpha value is -2.82. The minimum Gasteiger partial charge on any atom is -0.478 e.